The average Bonchev–Trinajstić information content (AvgIpc) is 3.06. The second-order valence-electron chi connectivity index (χ2n) is 5.69. The number of nitrogens with one attached hydrogen (secondary N) is 1. The van der Waals surface area contributed by atoms with Crippen LogP contribution in [0.15, 0.2) is 42.5 Å². The second-order valence-corrected chi connectivity index (χ2v) is 5.69. The van der Waals surface area contributed by atoms with Gasteiger partial charge in [-0.2, -0.15) is 0 Å². The molecule has 1 aliphatic heterocycles. The summed E-state index contributed by atoms with van der Waals surface area (Å²) in [4.78, 5) is 20.5. The molecule has 0 amide bonds. The molecule has 4 rings (SSSR count). The number of rotatable bonds is 3. The largest absolute Gasteiger partial charge is 0.378 e. The maximum Gasteiger partial charge on any atom is 0.269 e. The van der Waals surface area contributed by atoms with Gasteiger partial charge in [0.25, 0.3) is 5.69 Å². The van der Waals surface area contributed by atoms with Gasteiger partial charge in [0, 0.05) is 36.5 Å². The number of nitro groups is 1. The molecule has 1 N–H and O–H groups in total. The first-order valence-electron chi connectivity index (χ1n) is 7.78. The number of hydrogen-bond donors (Lipinski definition) is 1. The van der Waals surface area contributed by atoms with E-state index in [9.17, 15) is 10.1 Å². The van der Waals surface area contributed by atoms with Crippen molar-refractivity contribution in [3.05, 3.63) is 52.6 Å². The molecule has 0 bridgehead atoms. The first-order chi connectivity index (χ1) is 11.7. The van der Waals surface area contributed by atoms with E-state index in [4.69, 9.17) is 4.74 Å². The maximum absolute atomic E-state index is 10.7. The quantitative estimate of drug-likeness (QED) is 0.591. The van der Waals surface area contributed by atoms with E-state index in [0.717, 1.165) is 48.6 Å². The minimum Gasteiger partial charge on any atom is -0.378 e. The number of aromatic nitrogens is 2. The Morgan fingerprint density at radius 3 is 2.58 bits per heavy atom. The van der Waals surface area contributed by atoms with Crippen LogP contribution >= 0.6 is 0 Å². The Kier molecular flexibility index (Phi) is 3.62. The van der Waals surface area contributed by atoms with Gasteiger partial charge in [-0.15, -0.1) is 0 Å². The van der Waals surface area contributed by atoms with Crippen LogP contribution in [0.3, 0.4) is 0 Å². The first kappa shape index (κ1) is 14.6. The second kappa shape index (κ2) is 5.93. The van der Waals surface area contributed by atoms with Gasteiger partial charge >= 0.3 is 0 Å². The molecule has 1 aliphatic rings. The number of morpholine rings is 1. The smallest absolute Gasteiger partial charge is 0.269 e. The molecule has 0 unspecified atom stereocenters. The molecule has 0 spiro atoms. The van der Waals surface area contributed by atoms with Gasteiger partial charge < -0.3 is 14.6 Å². The minimum atomic E-state index is -0.406. The van der Waals surface area contributed by atoms with Crippen LogP contribution in [0.1, 0.15) is 0 Å². The van der Waals surface area contributed by atoms with Gasteiger partial charge in [-0.25, -0.2) is 4.98 Å². The summed E-state index contributed by atoms with van der Waals surface area (Å²) in [6.07, 6.45) is 0. The third-order valence-corrected chi connectivity index (χ3v) is 4.19. The molecule has 7 nitrogen and oxygen atoms in total. The van der Waals surface area contributed by atoms with Crippen molar-refractivity contribution in [1.29, 1.82) is 0 Å². The van der Waals surface area contributed by atoms with Gasteiger partial charge in [0.05, 0.1) is 29.2 Å². The summed E-state index contributed by atoms with van der Waals surface area (Å²) in [5.74, 6) is 0.707. The molecule has 0 radical (unpaired) electrons. The van der Waals surface area contributed by atoms with E-state index >= 15 is 0 Å². The number of nitrogens with zero attached hydrogens (tertiary/aromatic N) is 3. The Labute approximate surface area is 138 Å². The lowest BCUT2D eigenvalue weighted by Crippen LogP contribution is -2.36. The zero-order valence-corrected chi connectivity index (χ0v) is 12.9. The molecule has 24 heavy (non-hydrogen) atoms. The van der Waals surface area contributed by atoms with Crippen molar-refractivity contribution in [1.82, 2.24) is 9.97 Å². The molecule has 1 saturated heterocycles. The number of fused-ring (bicyclic) bond motifs is 1. The van der Waals surface area contributed by atoms with Gasteiger partial charge in [-0.1, -0.05) is 0 Å². The van der Waals surface area contributed by atoms with E-state index in [1.807, 2.05) is 6.07 Å². The summed E-state index contributed by atoms with van der Waals surface area (Å²) < 4.78 is 5.39. The number of aromatic amines is 1. The molecule has 1 fully saturated rings. The number of non-ortho nitro benzene ring substituents is 1. The summed E-state index contributed by atoms with van der Waals surface area (Å²) >= 11 is 0. The van der Waals surface area contributed by atoms with Crippen molar-refractivity contribution in [2.75, 3.05) is 31.2 Å². The zero-order chi connectivity index (χ0) is 16.5. The molecule has 0 aliphatic carbocycles. The predicted octanol–water partition coefficient (Wildman–Crippen LogP) is 2.97. The number of imidazole rings is 1. The van der Waals surface area contributed by atoms with Crippen LogP contribution in [0.2, 0.25) is 0 Å². The number of hydrogen-bond acceptors (Lipinski definition) is 5. The maximum atomic E-state index is 10.7. The van der Waals surface area contributed by atoms with Crippen molar-refractivity contribution in [3.63, 3.8) is 0 Å². The molecular formula is C17H16N4O3. The Morgan fingerprint density at radius 2 is 1.88 bits per heavy atom. The fourth-order valence-corrected chi connectivity index (χ4v) is 2.89. The van der Waals surface area contributed by atoms with Gasteiger partial charge in [0.15, 0.2) is 0 Å². The third-order valence-electron chi connectivity index (χ3n) is 4.19. The van der Waals surface area contributed by atoms with Gasteiger partial charge in [0.1, 0.15) is 5.82 Å². The van der Waals surface area contributed by atoms with Crippen molar-refractivity contribution in [2.24, 2.45) is 0 Å². The fraction of sp³-hybridized carbons (Fsp3) is 0.235. The highest BCUT2D eigenvalue weighted by molar-refractivity contribution is 5.83. The van der Waals surface area contributed by atoms with Crippen LogP contribution < -0.4 is 4.90 Å². The van der Waals surface area contributed by atoms with E-state index in [1.54, 1.807) is 12.1 Å². The van der Waals surface area contributed by atoms with Gasteiger partial charge in [0.2, 0.25) is 0 Å². The summed E-state index contributed by atoms with van der Waals surface area (Å²) in [6, 6.07) is 12.5. The van der Waals surface area contributed by atoms with Crippen LogP contribution in [-0.2, 0) is 4.74 Å². The number of ether oxygens (including phenoxy) is 1. The highest BCUT2D eigenvalue weighted by Crippen LogP contribution is 2.26. The molecule has 3 aromatic rings. The SMILES string of the molecule is O=[N+]([O-])c1ccc(-c2nc3ccc(N4CCOCC4)cc3[nH]2)cc1. The number of anilines is 1. The van der Waals surface area contributed by atoms with Crippen molar-refractivity contribution >= 4 is 22.4 Å². The summed E-state index contributed by atoms with van der Waals surface area (Å²) in [7, 11) is 0. The molecular weight excluding hydrogens is 308 g/mol. The average molecular weight is 324 g/mol. The van der Waals surface area contributed by atoms with E-state index in [0.29, 0.717) is 5.82 Å². The first-order valence-corrected chi connectivity index (χ1v) is 7.78. The standard InChI is InChI=1S/C17H16N4O3/c22-21(23)13-3-1-12(2-4-13)17-18-15-6-5-14(11-16(15)19-17)20-7-9-24-10-8-20/h1-6,11H,7-10H2,(H,18,19). The van der Waals surface area contributed by atoms with Crippen molar-refractivity contribution in [3.8, 4) is 11.4 Å². The lowest BCUT2D eigenvalue weighted by atomic mass is 10.2. The van der Waals surface area contributed by atoms with E-state index in [1.165, 1.54) is 12.1 Å². The number of nitro benzene ring substituents is 1. The molecule has 0 saturated carbocycles. The zero-order valence-electron chi connectivity index (χ0n) is 12.9. The Bertz CT molecular complexity index is 882. The Balaban J connectivity index is 1.66. The topological polar surface area (TPSA) is 84.3 Å². The lowest BCUT2D eigenvalue weighted by Gasteiger charge is -2.28. The number of benzene rings is 2. The van der Waals surface area contributed by atoms with E-state index in [-0.39, 0.29) is 5.69 Å². The Morgan fingerprint density at radius 1 is 1.12 bits per heavy atom. The summed E-state index contributed by atoms with van der Waals surface area (Å²) in [5.41, 5.74) is 3.87. The monoisotopic (exact) mass is 324 g/mol. The van der Waals surface area contributed by atoms with Gasteiger partial charge in [-0.05, 0) is 30.3 Å². The highest BCUT2D eigenvalue weighted by Gasteiger charge is 2.13. The molecule has 2 aromatic carbocycles. The molecule has 2 heterocycles. The highest BCUT2D eigenvalue weighted by atomic mass is 16.6. The fourth-order valence-electron chi connectivity index (χ4n) is 2.89. The van der Waals surface area contributed by atoms with Crippen LogP contribution in [0, 0.1) is 10.1 Å². The van der Waals surface area contributed by atoms with Crippen molar-refractivity contribution < 1.29 is 9.66 Å². The molecule has 7 heteroatoms. The minimum absolute atomic E-state index is 0.0736. The third kappa shape index (κ3) is 2.69. The van der Waals surface area contributed by atoms with Crippen LogP contribution in [0.5, 0.6) is 0 Å². The van der Waals surface area contributed by atoms with Crippen LogP contribution in [-0.4, -0.2) is 41.2 Å². The van der Waals surface area contributed by atoms with Gasteiger partial charge in [-0.3, -0.25) is 10.1 Å². The van der Waals surface area contributed by atoms with E-state index in [2.05, 4.69) is 27.0 Å². The Hall–Kier alpha value is -2.93. The molecule has 1 aromatic heterocycles. The summed E-state index contributed by atoms with van der Waals surface area (Å²) in [5, 5.41) is 10.7. The molecule has 122 valence electrons. The van der Waals surface area contributed by atoms with Crippen molar-refractivity contribution in [2.45, 2.75) is 0 Å². The normalized spacial score (nSPS) is 14.9. The van der Waals surface area contributed by atoms with Crippen LogP contribution in [0.4, 0.5) is 11.4 Å². The van der Waals surface area contributed by atoms with Crippen LogP contribution in [0.25, 0.3) is 22.4 Å². The predicted molar refractivity (Wildman–Crippen MR) is 91.2 cm³/mol. The van der Waals surface area contributed by atoms with E-state index < -0.39 is 4.92 Å². The number of H-pyrrole nitrogens is 1. The summed E-state index contributed by atoms with van der Waals surface area (Å²) in [6.45, 7) is 3.26. The lowest BCUT2D eigenvalue weighted by molar-refractivity contribution is -0.384. The molecule has 0 atom stereocenters.